The molecule has 3 aromatic rings. The topological polar surface area (TPSA) is 88.3 Å². The van der Waals surface area contributed by atoms with E-state index in [9.17, 15) is 14.4 Å². The third kappa shape index (κ3) is 5.63. The zero-order chi connectivity index (χ0) is 23.5. The van der Waals surface area contributed by atoms with Gasteiger partial charge in [0.05, 0.1) is 0 Å². The van der Waals surface area contributed by atoms with Crippen molar-refractivity contribution < 1.29 is 14.3 Å². The first kappa shape index (κ1) is 23.3. The summed E-state index contributed by atoms with van der Waals surface area (Å²) in [6.07, 6.45) is 2.07. The molecule has 3 rings (SSSR count). The molecule has 2 aromatic carbocycles. The van der Waals surface area contributed by atoms with Gasteiger partial charge in [0.25, 0.3) is 5.91 Å². The molecule has 168 valence electrons. The van der Waals surface area contributed by atoms with Crippen LogP contribution in [0.3, 0.4) is 0 Å². The lowest BCUT2D eigenvalue weighted by atomic mass is 10.0. The molecule has 0 aliphatic carbocycles. The Hall–Kier alpha value is -3.41. The van der Waals surface area contributed by atoms with E-state index in [1.54, 1.807) is 20.8 Å². The number of fused-ring (bicyclic) bond motifs is 1. The Morgan fingerprint density at radius 1 is 1.03 bits per heavy atom. The SMILES string of the molecule is CC(C)[C@H](NC(=O)c1c[nH]c2ccc(Cc3ccccc3)cc2c1=O)C(=O)OC(C)(C)C. The number of ether oxygens (including phenoxy) is 1. The number of esters is 1. The van der Waals surface area contributed by atoms with Crippen LogP contribution in [0.2, 0.25) is 0 Å². The lowest BCUT2D eigenvalue weighted by Gasteiger charge is -2.26. The molecule has 1 aromatic heterocycles. The van der Waals surface area contributed by atoms with Crippen LogP contribution in [0.5, 0.6) is 0 Å². The van der Waals surface area contributed by atoms with Crippen molar-refractivity contribution in [2.24, 2.45) is 5.92 Å². The highest BCUT2D eigenvalue weighted by Gasteiger charge is 2.30. The van der Waals surface area contributed by atoms with E-state index in [4.69, 9.17) is 4.74 Å². The van der Waals surface area contributed by atoms with Crippen LogP contribution in [-0.2, 0) is 16.0 Å². The summed E-state index contributed by atoms with van der Waals surface area (Å²) in [4.78, 5) is 41.6. The van der Waals surface area contributed by atoms with Crippen molar-refractivity contribution >= 4 is 22.8 Å². The molecule has 6 heteroatoms. The number of amides is 1. The zero-order valence-electron chi connectivity index (χ0n) is 19.2. The number of hydrogen-bond donors (Lipinski definition) is 2. The minimum atomic E-state index is -0.860. The molecule has 1 atom stereocenters. The van der Waals surface area contributed by atoms with E-state index in [1.807, 2.05) is 62.4 Å². The Bertz CT molecular complexity index is 1170. The maximum atomic E-state index is 13.1. The molecule has 0 fully saturated rings. The van der Waals surface area contributed by atoms with Gasteiger partial charge in [-0.2, -0.15) is 0 Å². The number of benzene rings is 2. The van der Waals surface area contributed by atoms with Crippen LogP contribution in [0.1, 0.15) is 56.1 Å². The van der Waals surface area contributed by atoms with E-state index in [-0.39, 0.29) is 16.9 Å². The van der Waals surface area contributed by atoms with Crippen LogP contribution in [0.4, 0.5) is 0 Å². The quantitative estimate of drug-likeness (QED) is 0.569. The van der Waals surface area contributed by atoms with Gasteiger partial charge in [0, 0.05) is 17.1 Å². The van der Waals surface area contributed by atoms with Gasteiger partial charge < -0.3 is 15.0 Å². The number of H-pyrrole nitrogens is 1. The predicted molar refractivity (Wildman–Crippen MR) is 126 cm³/mol. The fraction of sp³-hybridized carbons (Fsp3) is 0.346. The summed E-state index contributed by atoms with van der Waals surface area (Å²) < 4.78 is 5.43. The van der Waals surface area contributed by atoms with Crippen LogP contribution in [0.25, 0.3) is 10.9 Å². The van der Waals surface area contributed by atoms with Gasteiger partial charge in [0.1, 0.15) is 17.2 Å². The summed E-state index contributed by atoms with van der Waals surface area (Å²) in [5.74, 6) is -1.33. The number of nitrogens with one attached hydrogen (secondary N) is 2. The summed E-state index contributed by atoms with van der Waals surface area (Å²) in [5.41, 5.74) is 1.66. The normalized spacial score (nSPS) is 12.6. The Morgan fingerprint density at radius 2 is 1.72 bits per heavy atom. The molecule has 0 aliphatic heterocycles. The lowest BCUT2D eigenvalue weighted by Crippen LogP contribution is -2.48. The number of hydrogen-bond acceptors (Lipinski definition) is 4. The summed E-state index contributed by atoms with van der Waals surface area (Å²) in [7, 11) is 0. The lowest BCUT2D eigenvalue weighted by molar-refractivity contribution is -0.158. The Morgan fingerprint density at radius 3 is 2.34 bits per heavy atom. The second-order valence-electron chi connectivity index (χ2n) is 9.30. The Balaban J connectivity index is 1.88. The molecular formula is C26H30N2O4. The highest BCUT2D eigenvalue weighted by molar-refractivity contribution is 5.99. The molecule has 0 aliphatic rings. The molecule has 0 unspecified atom stereocenters. The Labute approximate surface area is 188 Å². The second kappa shape index (κ2) is 9.39. The maximum absolute atomic E-state index is 13.1. The van der Waals surface area contributed by atoms with E-state index >= 15 is 0 Å². The molecular weight excluding hydrogens is 404 g/mol. The van der Waals surface area contributed by atoms with Gasteiger partial charge in [-0.1, -0.05) is 50.2 Å². The van der Waals surface area contributed by atoms with Crippen molar-refractivity contribution in [1.82, 2.24) is 10.3 Å². The average molecular weight is 435 g/mol. The summed E-state index contributed by atoms with van der Waals surface area (Å²) in [6, 6.07) is 14.7. The maximum Gasteiger partial charge on any atom is 0.329 e. The molecule has 0 radical (unpaired) electrons. The van der Waals surface area contributed by atoms with Crippen LogP contribution in [0, 0.1) is 5.92 Å². The molecule has 32 heavy (non-hydrogen) atoms. The predicted octanol–water partition coefficient (Wildman–Crippen LogP) is 4.22. The van der Waals surface area contributed by atoms with E-state index in [1.165, 1.54) is 6.20 Å². The van der Waals surface area contributed by atoms with Crippen LogP contribution >= 0.6 is 0 Å². The first-order valence-corrected chi connectivity index (χ1v) is 10.8. The largest absolute Gasteiger partial charge is 0.458 e. The van der Waals surface area contributed by atoms with Crippen molar-refractivity contribution in [3.8, 4) is 0 Å². The van der Waals surface area contributed by atoms with Gasteiger partial charge in [0.15, 0.2) is 0 Å². The highest BCUT2D eigenvalue weighted by Crippen LogP contribution is 2.16. The fourth-order valence-electron chi connectivity index (χ4n) is 3.46. The van der Waals surface area contributed by atoms with Gasteiger partial charge in [-0.05, 0) is 56.4 Å². The van der Waals surface area contributed by atoms with Crippen molar-refractivity contribution in [1.29, 1.82) is 0 Å². The van der Waals surface area contributed by atoms with Gasteiger partial charge in [-0.15, -0.1) is 0 Å². The molecule has 0 spiro atoms. The van der Waals surface area contributed by atoms with Crippen molar-refractivity contribution in [3.63, 3.8) is 0 Å². The molecule has 1 heterocycles. The van der Waals surface area contributed by atoms with Crippen molar-refractivity contribution in [3.05, 3.63) is 81.6 Å². The smallest absolute Gasteiger partial charge is 0.329 e. The summed E-state index contributed by atoms with van der Waals surface area (Å²) >= 11 is 0. The number of aromatic nitrogens is 1. The zero-order valence-corrected chi connectivity index (χ0v) is 19.2. The molecule has 0 bridgehead atoms. The first-order valence-electron chi connectivity index (χ1n) is 10.8. The first-order chi connectivity index (χ1) is 15.0. The third-order valence-corrected chi connectivity index (χ3v) is 5.05. The molecule has 0 saturated carbocycles. The molecule has 2 N–H and O–H groups in total. The minimum absolute atomic E-state index is 0.0384. The van der Waals surface area contributed by atoms with Crippen molar-refractivity contribution in [2.75, 3.05) is 0 Å². The number of carbonyl (C=O) groups excluding carboxylic acids is 2. The third-order valence-electron chi connectivity index (χ3n) is 5.05. The summed E-state index contributed by atoms with van der Waals surface area (Å²) in [6.45, 7) is 8.94. The molecule has 1 amide bonds. The number of rotatable bonds is 6. The molecule has 6 nitrogen and oxygen atoms in total. The van der Waals surface area contributed by atoms with Gasteiger partial charge in [-0.3, -0.25) is 9.59 Å². The van der Waals surface area contributed by atoms with E-state index in [0.29, 0.717) is 17.3 Å². The van der Waals surface area contributed by atoms with Crippen LogP contribution in [0.15, 0.2) is 59.5 Å². The number of pyridine rings is 1. The standard InChI is InChI=1S/C26H30N2O4/c1-16(2)22(25(31)32-26(3,4)5)28-24(30)20-15-27-21-12-11-18(14-19(21)23(20)29)13-17-9-7-6-8-10-17/h6-12,14-16,22H,13H2,1-5H3,(H,27,29)(H,28,30)/t22-/m0/s1. The van der Waals surface area contributed by atoms with Gasteiger partial charge in [0.2, 0.25) is 5.43 Å². The van der Waals surface area contributed by atoms with Crippen molar-refractivity contribution in [2.45, 2.75) is 52.7 Å². The Kier molecular flexibility index (Phi) is 6.82. The van der Waals surface area contributed by atoms with E-state index < -0.39 is 23.5 Å². The number of aromatic amines is 1. The minimum Gasteiger partial charge on any atom is -0.458 e. The monoisotopic (exact) mass is 434 g/mol. The van der Waals surface area contributed by atoms with E-state index in [2.05, 4.69) is 10.3 Å². The fourth-order valence-corrected chi connectivity index (χ4v) is 3.46. The van der Waals surface area contributed by atoms with Gasteiger partial charge >= 0.3 is 5.97 Å². The second-order valence-corrected chi connectivity index (χ2v) is 9.30. The summed E-state index contributed by atoms with van der Waals surface area (Å²) in [5, 5.41) is 3.12. The van der Waals surface area contributed by atoms with Crippen LogP contribution in [-0.4, -0.2) is 28.5 Å². The van der Waals surface area contributed by atoms with E-state index in [0.717, 1.165) is 11.1 Å². The van der Waals surface area contributed by atoms with Crippen LogP contribution < -0.4 is 10.7 Å². The average Bonchev–Trinajstić information content (AvgIpc) is 2.71. The van der Waals surface area contributed by atoms with Gasteiger partial charge in [-0.25, -0.2) is 4.79 Å². The molecule has 0 saturated heterocycles. The number of carbonyl (C=O) groups is 2. The highest BCUT2D eigenvalue weighted by atomic mass is 16.6.